The highest BCUT2D eigenvalue weighted by Crippen LogP contribution is 2.25. The summed E-state index contributed by atoms with van der Waals surface area (Å²) in [7, 11) is -2.87. The first kappa shape index (κ1) is 20.8. The van der Waals surface area contributed by atoms with Gasteiger partial charge in [0.05, 0.1) is 22.2 Å². The molecule has 3 heterocycles. The fourth-order valence-corrected chi connectivity index (χ4v) is 7.13. The molecule has 1 aromatic heterocycles. The Morgan fingerprint density at radius 2 is 1.93 bits per heavy atom. The fraction of sp³-hybridized carbons (Fsp3) is 0.500. The van der Waals surface area contributed by atoms with Crippen molar-refractivity contribution in [1.29, 1.82) is 0 Å². The van der Waals surface area contributed by atoms with Gasteiger partial charge in [-0.1, -0.05) is 0 Å². The van der Waals surface area contributed by atoms with Gasteiger partial charge in [0.1, 0.15) is 0 Å². The molecule has 9 heteroatoms. The van der Waals surface area contributed by atoms with Gasteiger partial charge >= 0.3 is 0 Å². The summed E-state index contributed by atoms with van der Waals surface area (Å²) in [5.74, 6) is 1.44. The highest BCUT2D eigenvalue weighted by atomic mass is 32.2. The molecule has 2 fully saturated rings. The van der Waals surface area contributed by atoms with Gasteiger partial charge in [-0.05, 0) is 37.6 Å². The molecule has 1 atom stereocenters. The Bertz CT molecular complexity index is 964. The van der Waals surface area contributed by atoms with Crippen LogP contribution in [-0.2, 0) is 15.6 Å². The Kier molecular flexibility index (Phi) is 6.29. The van der Waals surface area contributed by atoms with E-state index in [1.165, 1.54) is 0 Å². The van der Waals surface area contributed by atoms with Gasteiger partial charge in [0.2, 0.25) is 0 Å². The number of carbonyl (C=O) groups excluding carboxylic acids is 1. The summed E-state index contributed by atoms with van der Waals surface area (Å²) in [6.45, 7) is 4.79. The fourth-order valence-electron chi connectivity index (χ4n) is 3.86. The van der Waals surface area contributed by atoms with Crippen LogP contribution >= 0.6 is 23.1 Å². The van der Waals surface area contributed by atoms with E-state index in [0.717, 1.165) is 40.9 Å². The molecule has 1 amide bonds. The number of aryl methyl sites for hydroxylation is 1. The molecule has 2 aliphatic rings. The third-order valence-corrected chi connectivity index (χ3v) is 9.10. The summed E-state index contributed by atoms with van der Waals surface area (Å²) in [4.78, 5) is 22.5. The summed E-state index contributed by atoms with van der Waals surface area (Å²) in [6, 6.07) is 7.91. The average molecular weight is 452 g/mol. The molecule has 0 bridgehead atoms. The number of piperazine rings is 1. The largest absolute Gasteiger partial charge is 0.336 e. The standard InChI is InChI=1S/C20H25N3O3S3/c1-15-21-17(12-27-15)13-28-19-4-2-16(3-5-19)20(24)23-9-7-22(8-10-23)18-6-11-29(25,26)14-18/h2-5,12,18H,6-11,13-14H2,1H3. The van der Waals surface area contributed by atoms with Gasteiger partial charge in [-0.25, -0.2) is 13.4 Å². The molecule has 0 spiro atoms. The van der Waals surface area contributed by atoms with Crippen LogP contribution in [0.1, 0.15) is 27.5 Å². The smallest absolute Gasteiger partial charge is 0.253 e. The summed E-state index contributed by atoms with van der Waals surface area (Å²) in [5.41, 5.74) is 1.79. The van der Waals surface area contributed by atoms with Crippen LogP contribution in [0.2, 0.25) is 0 Å². The molecule has 2 aromatic rings. The number of amides is 1. The molecule has 6 nitrogen and oxygen atoms in total. The maximum absolute atomic E-state index is 12.8. The zero-order valence-electron chi connectivity index (χ0n) is 16.4. The van der Waals surface area contributed by atoms with Crippen molar-refractivity contribution in [3.8, 4) is 0 Å². The van der Waals surface area contributed by atoms with Crippen molar-refractivity contribution >= 4 is 38.8 Å². The molecular weight excluding hydrogens is 426 g/mol. The summed E-state index contributed by atoms with van der Waals surface area (Å²) in [6.07, 6.45) is 0.718. The highest BCUT2D eigenvalue weighted by molar-refractivity contribution is 7.98. The maximum atomic E-state index is 12.8. The zero-order valence-corrected chi connectivity index (χ0v) is 18.9. The van der Waals surface area contributed by atoms with Crippen LogP contribution in [0.5, 0.6) is 0 Å². The van der Waals surface area contributed by atoms with E-state index in [4.69, 9.17) is 0 Å². The summed E-state index contributed by atoms with van der Waals surface area (Å²) >= 11 is 3.38. The Balaban J connectivity index is 1.28. The van der Waals surface area contributed by atoms with Gasteiger partial charge in [-0.15, -0.1) is 23.1 Å². The lowest BCUT2D eigenvalue weighted by molar-refractivity contribution is 0.0588. The van der Waals surface area contributed by atoms with E-state index in [-0.39, 0.29) is 17.7 Å². The first-order chi connectivity index (χ1) is 13.9. The predicted octanol–water partition coefficient (Wildman–Crippen LogP) is 2.69. The van der Waals surface area contributed by atoms with Crippen LogP contribution in [0, 0.1) is 6.92 Å². The number of sulfone groups is 1. The number of rotatable bonds is 5. The number of carbonyl (C=O) groups is 1. The normalized spacial score (nSPS) is 22.1. The lowest BCUT2D eigenvalue weighted by Gasteiger charge is -2.37. The minimum Gasteiger partial charge on any atom is -0.336 e. The maximum Gasteiger partial charge on any atom is 0.253 e. The van der Waals surface area contributed by atoms with Gasteiger partial charge in [0.25, 0.3) is 5.91 Å². The molecule has 4 rings (SSSR count). The quantitative estimate of drug-likeness (QED) is 0.651. The predicted molar refractivity (Wildman–Crippen MR) is 117 cm³/mol. The van der Waals surface area contributed by atoms with Crippen molar-refractivity contribution in [2.24, 2.45) is 0 Å². The molecule has 0 saturated carbocycles. The molecule has 0 radical (unpaired) electrons. The second kappa shape index (κ2) is 8.75. The molecule has 156 valence electrons. The van der Waals surface area contributed by atoms with E-state index in [1.54, 1.807) is 23.1 Å². The van der Waals surface area contributed by atoms with Crippen LogP contribution < -0.4 is 0 Å². The molecule has 2 saturated heterocycles. The Morgan fingerprint density at radius 1 is 1.21 bits per heavy atom. The first-order valence-corrected chi connectivity index (χ1v) is 13.5. The SMILES string of the molecule is Cc1nc(CSc2ccc(C(=O)N3CCN(C4CCS(=O)(=O)C4)CC3)cc2)cs1. The first-order valence-electron chi connectivity index (χ1n) is 9.77. The van der Waals surface area contributed by atoms with Crippen molar-refractivity contribution < 1.29 is 13.2 Å². The molecule has 0 N–H and O–H groups in total. The van der Waals surface area contributed by atoms with Crippen LogP contribution in [0.15, 0.2) is 34.5 Å². The average Bonchev–Trinajstić information content (AvgIpc) is 3.31. The van der Waals surface area contributed by atoms with E-state index >= 15 is 0 Å². The van der Waals surface area contributed by atoms with E-state index < -0.39 is 9.84 Å². The second-order valence-corrected chi connectivity index (χ2v) is 11.9. The number of thioether (sulfide) groups is 1. The molecule has 29 heavy (non-hydrogen) atoms. The van der Waals surface area contributed by atoms with Gasteiger partial charge in [0, 0.05) is 53.8 Å². The second-order valence-electron chi connectivity index (χ2n) is 7.56. The number of nitrogens with zero attached hydrogens (tertiary/aromatic N) is 3. The molecule has 1 aromatic carbocycles. The number of hydrogen-bond acceptors (Lipinski definition) is 7. The van der Waals surface area contributed by atoms with Crippen LogP contribution in [-0.4, -0.2) is 72.8 Å². The highest BCUT2D eigenvalue weighted by Gasteiger charge is 2.34. The lowest BCUT2D eigenvalue weighted by atomic mass is 10.1. The summed E-state index contributed by atoms with van der Waals surface area (Å²) in [5, 5.41) is 3.16. The van der Waals surface area contributed by atoms with E-state index in [2.05, 4.69) is 15.3 Å². The van der Waals surface area contributed by atoms with Crippen LogP contribution in [0.25, 0.3) is 0 Å². The van der Waals surface area contributed by atoms with Gasteiger partial charge < -0.3 is 4.90 Å². The van der Waals surface area contributed by atoms with E-state index in [9.17, 15) is 13.2 Å². The van der Waals surface area contributed by atoms with Crippen LogP contribution in [0.3, 0.4) is 0 Å². The number of thiazole rings is 1. The minimum atomic E-state index is -2.87. The Hall–Kier alpha value is -1.42. The third-order valence-electron chi connectivity index (χ3n) is 5.48. The van der Waals surface area contributed by atoms with Crippen molar-refractivity contribution in [3.63, 3.8) is 0 Å². The van der Waals surface area contributed by atoms with Crippen molar-refractivity contribution in [2.75, 3.05) is 37.7 Å². The summed E-state index contributed by atoms with van der Waals surface area (Å²) < 4.78 is 23.4. The third kappa shape index (κ3) is 5.20. The topological polar surface area (TPSA) is 70.6 Å². The molecule has 1 unspecified atom stereocenters. The monoisotopic (exact) mass is 451 g/mol. The van der Waals surface area contributed by atoms with Crippen LogP contribution in [0.4, 0.5) is 0 Å². The van der Waals surface area contributed by atoms with Gasteiger partial charge in [0.15, 0.2) is 9.84 Å². The number of aromatic nitrogens is 1. The Labute approximate surface area is 180 Å². The molecular formula is C20H25N3O3S3. The Morgan fingerprint density at radius 3 is 2.52 bits per heavy atom. The minimum absolute atomic E-state index is 0.0513. The van der Waals surface area contributed by atoms with Gasteiger partial charge in [-0.2, -0.15) is 0 Å². The van der Waals surface area contributed by atoms with Crippen molar-refractivity contribution in [1.82, 2.24) is 14.8 Å². The number of benzene rings is 1. The van der Waals surface area contributed by atoms with Gasteiger partial charge in [-0.3, -0.25) is 9.69 Å². The van der Waals surface area contributed by atoms with Crippen molar-refractivity contribution in [3.05, 3.63) is 45.9 Å². The zero-order chi connectivity index (χ0) is 20.4. The lowest BCUT2D eigenvalue weighted by Crippen LogP contribution is -2.52. The molecule has 0 aliphatic carbocycles. The van der Waals surface area contributed by atoms with E-state index in [0.29, 0.717) is 24.4 Å². The van der Waals surface area contributed by atoms with E-state index in [1.807, 2.05) is 36.1 Å². The molecule has 2 aliphatic heterocycles. The number of hydrogen-bond donors (Lipinski definition) is 0. The van der Waals surface area contributed by atoms with Crippen molar-refractivity contribution in [2.45, 2.75) is 30.0 Å².